The highest BCUT2D eigenvalue weighted by molar-refractivity contribution is 6.30. The van der Waals surface area contributed by atoms with Crippen LogP contribution in [0.3, 0.4) is 0 Å². The minimum absolute atomic E-state index is 0.189. The molecule has 0 aliphatic carbocycles. The molecule has 1 aliphatic rings. The molecule has 1 aromatic heterocycles. The summed E-state index contributed by atoms with van der Waals surface area (Å²) in [6.45, 7) is 0.879. The molecule has 0 amide bonds. The van der Waals surface area contributed by atoms with Gasteiger partial charge in [-0.1, -0.05) is 0 Å². The van der Waals surface area contributed by atoms with Gasteiger partial charge in [-0.2, -0.15) is 5.10 Å². The molecule has 0 aromatic carbocycles. The van der Waals surface area contributed by atoms with Gasteiger partial charge in [0.1, 0.15) is 6.23 Å². The molecule has 1 aromatic rings. The van der Waals surface area contributed by atoms with E-state index in [1.54, 1.807) is 0 Å². The van der Waals surface area contributed by atoms with Crippen LogP contribution in [0.5, 0.6) is 0 Å². The summed E-state index contributed by atoms with van der Waals surface area (Å²) < 4.78 is 7.58. The van der Waals surface area contributed by atoms with Crippen LogP contribution in [0.4, 0.5) is 0 Å². The summed E-state index contributed by atoms with van der Waals surface area (Å²) in [4.78, 5) is 0. The van der Waals surface area contributed by atoms with E-state index in [1.807, 2.05) is 16.9 Å². The lowest BCUT2D eigenvalue weighted by molar-refractivity contribution is -0.0375. The Morgan fingerprint density at radius 3 is 3.08 bits per heavy atom. The lowest BCUT2D eigenvalue weighted by Crippen LogP contribution is -2.27. The van der Waals surface area contributed by atoms with E-state index in [2.05, 4.69) is 12.9 Å². The molecule has 4 heteroatoms. The Kier molecular flexibility index (Phi) is 2.17. The predicted octanol–water partition coefficient (Wildman–Crippen LogP) is -0.159. The van der Waals surface area contributed by atoms with E-state index < -0.39 is 0 Å². The number of aromatic nitrogens is 2. The Bertz CT molecular complexity index is 255. The molecule has 1 unspecified atom stereocenters. The van der Waals surface area contributed by atoms with Crippen molar-refractivity contribution in [1.82, 2.24) is 9.78 Å². The van der Waals surface area contributed by atoms with Gasteiger partial charge in [-0.3, -0.25) is 4.68 Å². The second-order valence-corrected chi connectivity index (χ2v) is 3.24. The number of ether oxygens (including phenoxy) is 1. The molecule has 3 nitrogen and oxygen atoms in total. The highest BCUT2D eigenvalue weighted by Crippen LogP contribution is 2.20. The summed E-state index contributed by atoms with van der Waals surface area (Å²) in [5.41, 5.74) is 1.18. The zero-order valence-corrected chi connectivity index (χ0v) is 7.36. The fourth-order valence-corrected chi connectivity index (χ4v) is 1.60. The van der Waals surface area contributed by atoms with Crippen LogP contribution in [0, 0.1) is 0 Å². The third-order valence-corrected chi connectivity index (χ3v) is 2.30. The predicted molar refractivity (Wildman–Crippen MR) is 49.2 cm³/mol. The topological polar surface area (TPSA) is 27.1 Å². The number of hydrogen-bond acceptors (Lipinski definition) is 2. The van der Waals surface area contributed by atoms with Gasteiger partial charge in [0.2, 0.25) is 0 Å². The van der Waals surface area contributed by atoms with Gasteiger partial charge in [0.15, 0.2) is 7.85 Å². The third-order valence-electron chi connectivity index (χ3n) is 2.30. The number of hydrogen-bond donors (Lipinski definition) is 0. The van der Waals surface area contributed by atoms with Gasteiger partial charge < -0.3 is 4.74 Å². The van der Waals surface area contributed by atoms with Crippen molar-refractivity contribution in [3.63, 3.8) is 0 Å². The zero-order chi connectivity index (χ0) is 8.39. The van der Waals surface area contributed by atoms with E-state index >= 15 is 0 Å². The Morgan fingerprint density at radius 2 is 2.50 bits per heavy atom. The van der Waals surface area contributed by atoms with Crippen LogP contribution >= 0.6 is 0 Å². The fraction of sp³-hybridized carbons (Fsp3) is 0.625. The fourth-order valence-electron chi connectivity index (χ4n) is 1.60. The number of nitrogens with zero attached hydrogens (tertiary/aromatic N) is 2. The third kappa shape index (κ3) is 1.39. The molecule has 0 saturated carbocycles. The summed E-state index contributed by atoms with van der Waals surface area (Å²) in [6, 6.07) is 2.01. The average Bonchev–Trinajstić information content (AvgIpc) is 2.53. The quantitative estimate of drug-likeness (QED) is 0.539. The van der Waals surface area contributed by atoms with Crippen molar-refractivity contribution < 1.29 is 4.74 Å². The monoisotopic (exact) mass is 164 g/mol. The first-order valence-electron chi connectivity index (χ1n) is 4.49. The summed E-state index contributed by atoms with van der Waals surface area (Å²) >= 11 is 0. The van der Waals surface area contributed by atoms with E-state index in [9.17, 15) is 0 Å². The molecule has 1 aliphatic heterocycles. The highest BCUT2D eigenvalue weighted by atomic mass is 16.5. The first kappa shape index (κ1) is 7.86. The SMILES string of the molecule is Bc1ccnn1C1CCCCO1. The van der Waals surface area contributed by atoms with Gasteiger partial charge in [0.05, 0.1) is 0 Å². The Balaban J connectivity index is 2.13. The van der Waals surface area contributed by atoms with E-state index in [4.69, 9.17) is 4.74 Å². The van der Waals surface area contributed by atoms with Crippen molar-refractivity contribution in [2.45, 2.75) is 25.5 Å². The number of rotatable bonds is 1. The highest BCUT2D eigenvalue weighted by Gasteiger charge is 2.16. The molecule has 2 heterocycles. The van der Waals surface area contributed by atoms with Crippen molar-refractivity contribution in [1.29, 1.82) is 0 Å². The van der Waals surface area contributed by atoms with Gasteiger partial charge in [-0.25, -0.2) is 0 Å². The maximum atomic E-state index is 5.60. The minimum Gasteiger partial charge on any atom is -0.357 e. The first-order valence-corrected chi connectivity index (χ1v) is 4.49. The molecule has 0 N–H and O–H groups in total. The Hall–Kier alpha value is -0.765. The Labute approximate surface area is 73.1 Å². The molecule has 2 rings (SSSR count). The molecule has 0 spiro atoms. The van der Waals surface area contributed by atoms with Crippen LogP contribution in [0.1, 0.15) is 25.5 Å². The molecule has 1 atom stereocenters. The summed E-state index contributed by atoms with van der Waals surface area (Å²) in [5, 5.41) is 4.23. The first-order chi connectivity index (χ1) is 5.88. The van der Waals surface area contributed by atoms with Gasteiger partial charge >= 0.3 is 0 Å². The van der Waals surface area contributed by atoms with Crippen molar-refractivity contribution >= 4 is 13.4 Å². The van der Waals surface area contributed by atoms with Crippen LogP contribution in [0.2, 0.25) is 0 Å². The molecule has 1 fully saturated rings. The molecule has 0 radical (unpaired) electrons. The van der Waals surface area contributed by atoms with Crippen LogP contribution in [-0.4, -0.2) is 24.2 Å². The Morgan fingerprint density at radius 1 is 1.58 bits per heavy atom. The van der Waals surface area contributed by atoms with E-state index in [0.29, 0.717) is 0 Å². The molecule has 64 valence electrons. The van der Waals surface area contributed by atoms with Gasteiger partial charge in [0, 0.05) is 12.8 Å². The second kappa shape index (κ2) is 3.31. The van der Waals surface area contributed by atoms with Crippen molar-refractivity contribution in [3.05, 3.63) is 12.3 Å². The van der Waals surface area contributed by atoms with Crippen molar-refractivity contribution in [2.75, 3.05) is 6.61 Å². The summed E-state index contributed by atoms with van der Waals surface area (Å²) in [5.74, 6) is 0. The lowest BCUT2D eigenvalue weighted by atomic mass is 10.0. The van der Waals surface area contributed by atoms with Crippen LogP contribution < -0.4 is 5.59 Å². The zero-order valence-electron chi connectivity index (χ0n) is 7.36. The van der Waals surface area contributed by atoms with Gasteiger partial charge in [-0.15, -0.1) is 0 Å². The molecule has 12 heavy (non-hydrogen) atoms. The summed E-state index contributed by atoms with van der Waals surface area (Å²) in [6.07, 6.45) is 5.56. The largest absolute Gasteiger partial charge is 0.357 e. The van der Waals surface area contributed by atoms with Crippen LogP contribution in [-0.2, 0) is 4.74 Å². The van der Waals surface area contributed by atoms with E-state index in [0.717, 1.165) is 13.0 Å². The van der Waals surface area contributed by atoms with E-state index in [-0.39, 0.29) is 6.23 Å². The molecular weight excluding hydrogens is 151 g/mol. The van der Waals surface area contributed by atoms with Crippen molar-refractivity contribution in [3.8, 4) is 0 Å². The van der Waals surface area contributed by atoms with Crippen molar-refractivity contribution in [2.24, 2.45) is 0 Å². The average molecular weight is 164 g/mol. The maximum absolute atomic E-state index is 5.60. The maximum Gasteiger partial charge on any atom is 0.163 e. The standard InChI is InChI=1S/C8H13BN2O/c9-7-4-5-10-11(7)8-3-1-2-6-12-8/h4-5,8H,1-3,6,9H2. The van der Waals surface area contributed by atoms with Gasteiger partial charge in [-0.05, 0) is 30.9 Å². The van der Waals surface area contributed by atoms with Gasteiger partial charge in [0.25, 0.3) is 0 Å². The molecular formula is C8H13BN2O. The van der Waals surface area contributed by atoms with Crippen LogP contribution in [0.15, 0.2) is 12.3 Å². The lowest BCUT2D eigenvalue weighted by Gasteiger charge is -2.23. The molecule has 1 saturated heterocycles. The summed E-state index contributed by atoms with van der Waals surface area (Å²) in [7, 11) is 2.06. The van der Waals surface area contributed by atoms with Crippen LogP contribution in [0.25, 0.3) is 0 Å². The minimum atomic E-state index is 0.189. The molecule has 0 bridgehead atoms. The second-order valence-electron chi connectivity index (χ2n) is 3.24. The normalized spacial score (nSPS) is 24.2. The smallest absolute Gasteiger partial charge is 0.163 e. The van der Waals surface area contributed by atoms with E-state index in [1.165, 1.54) is 18.4 Å².